The molecule has 0 radical (unpaired) electrons. The van der Waals surface area contributed by atoms with Crippen molar-refractivity contribution in [2.45, 2.75) is 40.3 Å². The molecule has 1 heterocycles. The molecule has 1 aromatic carbocycles. The van der Waals surface area contributed by atoms with E-state index >= 15 is 0 Å². The Morgan fingerprint density at radius 2 is 1.80 bits per heavy atom. The van der Waals surface area contributed by atoms with Gasteiger partial charge in [0.25, 0.3) is 0 Å². The first-order chi connectivity index (χ1) is 9.38. The molecule has 2 amide bonds. The number of benzene rings is 1. The number of piperazine rings is 1. The third-order valence-electron chi connectivity index (χ3n) is 3.60. The lowest BCUT2D eigenvalue weighted by molar-refractivity contribution is -0.148. The van der Waals surface area contributed by atoms with Crippen LogP contribution in [0.4, 0.5) is 0 Å². The van der Waals surface area contributed by atoms with E-state index in [-0.39, 0.29) is 30.3 Å². The predicted molar refractivity (Wildman–Crippen MR) is 78.1 cm³/mol. The monoisotopic (exact) mass is 274 g/mol. The molecule has 0 spiro atoms. The Kier molecular flexibility index (Phi) is 4.12. The van der Waals surface area contributed by atoms with Crippen molar-refractivity contribution >= 4 is 11.8 Å². The van der Waals surface area contributed by atoms with Crippen molar-refractivity contribution in [3.05, 3.63) is 34.9 Å². The summed E-state index contributed by atoms with van der Waals surface area (Å²) in [5.74, 6) is 0.0385. The van der Waals surface area contributed by atoms with Crippen LogP contribution in [0.3, 0.4) is 0 Å². The first kappa shape index (κ1) is 14.6. The summed E-state index contributed by atoms with van der Waals surface area (Å²) >= 11 is 0. The predicted octanol–water partition coefficient (Wildman–Crippen LogP) is 1.79. The van der Waals surface area contributed by atoms with Gasteiger partial charge in [-0.25, -0.2) is 0 Å². The molecule has 0 aliphatic carbocycles. The zero-order chi connectivity index (χ0) is 14.9. The van der Waals surface area contributed by atoms with Crippen LogP contribution in [0.25, 0.3) is 0 Å². The molecule has 1 saturated heterocycles. The molecule has 0 bridgehead atoms. The van der Waals surface area contributed by atoms with Crippen molar-refractivity contribution in [3.63, 3.8) is 0 Å². The number of carbonyl (C=O) groups is 2. The van der Waals surface area contributed by atoms with Crippen LogP contribution >= 0.6 is 0 Å². The third kappa shape index (κ3) is 3.00. The molecule has 1 aliphatic rings. The van der Waals surface area contributed by atoms with Gasteiger partial charge in [0.1, 0.15) is 6.04 Å². The maximum absolute atomic E-state index is 12.1. The SMILES string of the molecule is Cc1cc(C)cc(CN2C(=O)CNC(=O)C2C(C)C)c1. The minimum atomic E-state index is -0.378. The molecule has 0 aromatic heterocycles. The van der Waals surface area contributed by atoms with E-state index in [0.717, 1.165) is 5.56 Å². The Morgan fingerprint density at radius 1 is 1.20 bits per heavy atom. The number of amides is 2. The molecule has 1 atom stereocenters. The van der Waals surface area contributed by atoms with E-state index < -0.39 is 0 Å². The summed E-state index contributed by atoms with van der Waals surface area (Å²) in [6.45, 7) is 8.63. The molecule has 1 aromatic rings. The van der Waals surface area contributed by atoms with Gasteiger partial charge in [0.2, 0.25) is 11.8 Å². The maximum Gasteiger partial charge on any atom is 0.243 e. The van der Waals surface area contributed by atoms with E-state index in [1.807, 2.05) is 27.7 Å². The van der Waals surface area contributed by atoms with Gasteiger partial charge in [0, 0.05) is 6.54 Å². The first-order valence-corrected chi connectivity index (χ1v) is 7.03. The summed E-state index contributed by atoms with van der Waals surface area (Å²) in [6, 6.07) is 5.87. The molecule has 20 heavy (non-hydrogen) atoms. The van der Waals surface area contributed by atoms with Gasteiger partial charge in [0.05, 0.1) is 6.54 Å². The minimum absolute atomic E-state index is 0.0116. The normalized spacial score (nSPS) is 19.4. The zero-order valence-corrected chi connectivity index (χ0v) is 12.6. The van der Waals surface area contributed by atoms with Crippen molar-refractivity contribution in [1.29, 1.82) is 0 Å². The highest BCUT2D eigenvalue weighted by Crippen LogP contribution is 2.19. The average molecular weight is 274 g/mol. The highest BCUT2D eigenvalue weighted by molar-refractivity contribution is 5.94. The summed E-state index contributed by atoms with van der Waals surface area (Å²) in [5, 5.41) is 2.67. The van der Waals surface area contributed by atoms with Gasteiger partial charge >= 0.3 is 0 Å². The molecule has 1 unspecified atom stereocenters. The van der Waals surface area contributed by atoms with Crippen LogP contribution in [-0.4, -0.2) is 29.3 Å². The lowest BCUT2D eigenvalue weighted by Crippen LogP contribution is -2.59. The summed E-state index contributed by atoms with van der Waals surface area (Å²) in [4.78, 5) is 25.9. The van der Waals surface area contributed by atoms with Crippen molar-refractivity contribution < 1.29 is 9.59 Å². The number of rotatable bonds is 3. The standard InChI is InChI=1S/C16H22N2O2/c1-10(2)15-16(20)17-8-14(19)18(15)9-13-6-11(3)5-12(4)7-13/h5-7,10,15H,8-9H2,1-4H3,(H,17,20). The molecule has 4 nitrogen and oxygen atoms in total. The number of nitrogens with zero attached hydrogens (tertiary/aromatic N) is 1. The lowest BCUT2D eigenvalue weighted by atomic mass is 9.98. The average Bonchev–Trinajstić information content (AvgIpc) is 2.32. The Balaban J connectivity index is 2.27. The summed E-state index contributed by atoms with van der Waals surface area (Å²) < 4.78 is 0. The number of hydrogen-bond donors (Lipinski definition) is 1. The maximum atomic E-state index is 12.1. The number of nitrogens with one attached hydrogen (secondary N) is 1. The summed E-state index contributed by atoms with van der Waals surface area (Å²) in [5.41, 5.74) is 3.43. The fourth-order valence-electron chi connectivity index (χ4n) is 2.87. The molecule has 1 N–H and O–H groups in total. The van der Waals surface area contributed by atoms with E-state index in [2.05, 4.69) is 23.5 Å². The second kappa shape index (κ2) is 5.65. The van der Waals surface area contributed by atoms with E-state index in [4.69, 9.17) is 0 Å². The topological polar surface area (TPSA) is 49.4 Å². The zero-order valence-electron chi connectivity index (χ0n) is 12.6. The highest BCUT2D eigenvalue weighted by Gasteiger charge is 2.36. The Bertz CT molecular complexity index is 517. The number of hydrogen-bond acceptors (Lipinski definition) is 2. The van der Waals surface area contributed by atoms with Crippen molar-refractivity contribution in [1.82, 2.24) is 10.2 Å². The molecule has 1 fully saturated rings. The van der Waals surface area contributed by atoms with Crippen LogP contribution in [0, 0.1) is 19.8 Å². The van der Waals surface area contributed by atoms with Gasteiger partial charge < -0.3 is 10.2 Å². The van der Waals surface area contributed by atoms with Crippen molar-refractivity contribution in [3.8, 4) is 0 Å². The van der Waals surface area contributed by atoms with E-state index in [1.54, 1.807) is 4.90 Å². The third-order valence-corrected chi connectivity index (χ3v) is 3.60. The van der Waals surface area contributed by atoms with E-state index in [0.29, 0.717) is 6.54 Å². The summed E-state index contributed by atoms with van der Waals surface area (Å²) in [7, 11) is 0. The molecule has 108 valence electrons. The van der Waals surface area contributed by atoms with E-state index in [9.17, 15) is 9.59 Å². The van der Waals surface area contributed by atoms with Crippen LogP contribution in [-0.2, 0) is 16.1 Å². The van der Waals surface area contributed by atoms with Crippen LogP contribution in [0.5, 0.6) is 0 Å². The molecule has 0 saturated carbocycles. The molecule has 1 aliphatic heterocycles. The fourth-order valence-corrected chi connectivity index (χ4v) is 2.87. The number of carbonyl (C=O) groups excluding carboxylic acids is 2. The van der Waals surface area contributed by atoms with Crippen LogP contribution < -0.4 is 5.32 Å². The molecule has 4 heteroatoms. The second-order valence-corrected chi connectivity index (χ2v) is 5.92. The largest absolute Gasteiger partial charge is 0.345 e. The smallest absolute Gasteiger partial charge is 0.243 e. The Hall–Kier alpha value is -1.84. The Labute approximate surface area is 120 Å². The number of aryl methyl sites for hydroxylation is 2. The fraction of sp³-hybridized carbons (Fsp3) is 0.500. The molecular weight excluding hydrogens is 252 g/mol. The second-order valence-electron chi connectivity index (χ2n) is 5.92. The van der Waals surface area contributed by atoms with Crippen molar-refractivity contribution in [2.24, 2.45) is 5.92 Å². The Morgan fingerprint density at radius 3 is 2.35 bits per heavy atom. The van der Waals surface area contributed by atoms with Gasteiger partial charge in [-0.2, -0.15) is 0 Å². The summed E-state index contributed by atoms with van der Waals surface area (Å²) in [6.07, 6.45) is 0. The molecular formula is C16H22N2O2. The van der Waals surface area contributed by atoms with Gasteiger partial charge in [-0.05, 0) is 25.3 Å². The van der Waals surface area contributed by atoms with Crippen LogP contribution in [0.2, 0.25) is 0 Å². The van der Waals surface area contributed by atoms with Crippen LogP contribution in [0.1, 0.15) is 30.5 Å². The van der Waals surface area contributed by atoms with Crippen LogP contribution in [0.15, 0.2) is 18.2 Å². The lowest BCUT2D eigenvalue weighted by Gasteiger charge is -2.37. The quantitative estimate of drug-likeness (QED) is 0.913. The minimum Gasteiger partial charge on any atom is -0.345 e. The van der Waals surface area contributed by atoms with Gasteiger partial charge in [0.15, 0.2) is 0 Å². The van der Waals surface area contributed by atoms with E-state index in [1.165, 1.54) is 11.1 Å². The van der Waals surface area contributed by atoms with Gasteiger partial charge in [-0.3, -0.25) is 9.59 Å². The first-order valence-electron chi connectivity index (χ1n) is 7.03. The van der Waals surface area contributed by atoms with Gasteiger partial charge in [-0.1, -0.05) is 43.2 Å². The van der Waals surface area contributed by atoms with Gasteiger partial charge in [-0.15, -0.1) is 0 Å². The highest BCUT2D eigenvalue weighted by atomic mass is 16.2. The molecule has 2 rings (SSSR count). The van der Waals surface area contributed by atoms with Crippen molar-refractivity contribution in [2.75, 3.05) is 6.54 Å².